The van der Waals surface area contributed by atoms with Crippen LogP contribution in [0.1, 0.15) is 38.6 Å². The fraction of sp³-hybridized carbons (Fsp3) is 0.261. The van der Waals surface area contributed by atoms with Crippen LogP contribution < -0.4 is 4.74 Å². The average Bonchev–Trinajstić information content (AvgIpc) is 3.16. The molecular weight excluding hydrogens is 338 g/mol. The lowest BCUT2D eigenvalue weighted by molar-refractivity contribution is 0.0698. The second kappa shape index (κ2) is 7.31. The van der Waals surface area contributed by atoms with Crippen molar-refractivity contribution in [2.75, 3.05) is 6.54 Å². The van der Waals surface area contributed by atoms with Crippen molar-refractivity contribution in [3.8, 4) is 5.75 Å². The number of nitrogens with zero attached hydrogens (tertiary/aromatic N) is 1. The van der Waals surface area contributed by atoms with Gasteiger partial charge in [0.2, 0.25) is 0 Å². The minimum atomic E-state index is -0.0671. The Labute approximate surface area is 159 Å². The van der Waals surface area contributed by atoms with Crippen LogP contribution in [0.25, 0.3) is 0 Å². The molecule has 4 nitrogen and oxygen atoms in total. The van der Waals surface area contributed by atoms with Crippen LogP contribution in [-0.2, 0) is 19.6 Å². The van der Waals surface area contributed by atoms with Crippen LogP contribution in [0.3, 0.4) is 0 Å². The summed E-state index contributed by atoms with van der Waals surface area (Å²) in [5, 5.41) is 0. The van der Waals surface area contributed by atoms with Gasteiger partial charge in [0.15, 0.2) is 5.76 Å². The molecule has 2 aromatic carbocycles. The van der Waals surface area contributed by atoms with Crippen LogP contribution in [-0.4, -0.2) is 17.4 Å². The molecular formula is C23H23NO3. The Morgan fingerprint density at radius 2 is 1.89 bits per heavy atom. The zero-order valence-electron chi connectivity index (χ0n) is 15.7. The van der Waals surface area contributed by atoms with E-state index in [2.05, 4.69) is 18.2 Å². The van der Waals surface area contributed by atoms with Gasteiger partial charge >= 0.3 is 0 Å². The molecule has 2 heterocycles. The molecule has 0 fully saturated rings. The summed E-state index contributed by atoms with van der Waals surface area (Å²) in [5.41, 5.74) is 4.76. The summed E-state index contributed by atoms with van der Waals surface area (Å²) >= 11 is 0. The fourth-order valence-corrected chi connectivity index (χ4v) is 3.41. The van der Waals surface area contributed by atoms with Crippen molar-refractivity contribution in [1.29, 1.82) is 0 Å². The van der Waals surface area contributed by atoms with Crippen molar-refractivity contribution in [2.45, 2.75) is 33.4 Å². The molecule has 0 radical (unpaired) electrons. The molecule has 1 aliphatic rings. The molecule has 3 aromatic rings. The highest BCUT2D eigenvalue weighted by Crippen LogP contribution is 2.23. The van der Waals surface area contributed by atoms with Gasteiger partial charge in [-0.3, -0.25) is 4.79 Å². The van der Waals surface area contributed by atoms with E-state index in [1.54, 1.807) is 6.07 Å². The maximum atomic E-state index is 12.8. The van der Waals surface area contributed by atoms with E-state index in [0.717, 1.165) is 23.3 Å². The number of amides is 1. The summed E-state index contributed by atoms with van der Waals surface area (Å²) < 4.78 is 11.6. The van der Waals surface area contributed by atoms with E-state index in [4.69, 9.17) is 9.15 Å². The Morgan fingerprint density at radius 3 is 2.74 bits per heavy atom. The third kappa shape index (κ3) is 3.75. The largest absolute Gasteiger partial charge is 0.485 e. The highest BCUT2D eigenvalue weighted by molar-refractivity contribution is 5.91. The molecule has 1 aliphatic heterocycles. The van der Waals surface area contributed by atoms with Crippen molar-refractivity contribution in [2.24, 2.45) is 0 Å². The van der Waals surface area contributed by atoms with Gasteiger partial charge < -0.3 is 14.1 Å². The number of benzene rings is 2. The number of fused-ring (bicyclic) bond motifs is 1. The second-order valence-electron chi connectivity index (χ2n) is 7.07. The van der Waals surface area contributed by atoms with Crippen LogP contribution in [0.4, 0.5) is 0 Å². The molecule has 4 rings (SSSR count). The predicted octanol–water partition coefficient (Wildman–Crippen LogP) is 4.67. The molecule has 0 N–H and O–H groups in total. The van der Waals surface area contributed by atoms with Gasteiger partial charge in [-0.2, -0.15) is 0 Å². The number of aryl methyl sites for hydroxylation is 2. The number of furan rings is 1. The van der Waals surface area contributed by atoms with E-state index in [1.807, 2.05) is 49.1 Å². The first-order valence-electron chi connectivity index (χ1n) is 9.25. The lowest BCUT2D eigenvalue weighted by Crippen LogP contribution is -2.35. The SMILES string of the molecule is Cc1ccc(C)c(OCc2ccc(C(=O)N3CCc4ccccc4C3)o2)c1. The first-order valence-corrected chi connectivity index (χ1v) is 9.25. The number of carbonyl (C=O) groups excluding carboxylic acids is 1. The molecule has 0 unspecified atom stereocenters. The van der Waals surface area contributed by atoms with Crippen molar-refractivity contribution in [3.63, 3.8) is 0 Å². The zero-order valence-corrected chi connectivity index (χ0v) is 15.7. The fourth-order valence-electron chi connectivity index (χ4n) is 3.41. The molecule has 138 valence electrons. The van der Waals surface area contributed by atoms with Crippen LogP contribution in [0, 0.1) is 13.8 Å². The highest BCUT2D eigenvalue weighted by Gasteiger charge is 2.23. The Balaban J connectivity index is 1.42. The maximum Gasteiger partial charge on any atom is 0.289 e. The van der Waals surface area contributed by atoms with Gasteiger partial charge in [-0.25, -0.2) is 0 Å². The summed E-state index contributed by atoms with van der Waals surface area (Å²) in [6.45, 7) is 5.70. The van der Waals surface area contributed by atoms with E-state index < -0.39 is 0 Å². The third-order valence-electron chi connectivity index (χ3n) is 5.00. The lowest BCUT2D eigenvalue weighted by Gasteiger charge is -2.28. The van der Waals surface area contributed by atoms with Crippen molar-refractivity contribution in [3.05, 3.63) is 88.4 Å². The van der Waals surface area contributed by atoms with E-state index in [0.29, 0.717) is 31.2 Å². The van der Waals surface area contributed by atoms with Crippen LogP contribution in [0.5, 0.6) is 5.75 Å². The standard InChI is InChI=1S/C23H23NO3/c1-16-7-8-17(2)22(13-16)26-15-20-9-10-21(27-20)23(25)24-12-11-18-5-3-4-6-19(18)14-24/h3-10,13H,11-12,14-15H2,1-2H3. The van der Waals surface area contributed by atoms with Crippen molar-refractivity contribution >= 4 is 5.91 Å². The quantitative estimate of drug-likeness (QED) is 0.678. The number of hydrogen-bond acceptors (Lipinski definition) is 3. The maximum absolute atomic E-state index is 12.8. The number of carbonyl (C=O) groups is 1. The van der Waals surface area contributed by atoms with Crippen LogP contribution >= 0.6 is 0 Å². The lowest BCUT2D eigenvalue weighted by atomic mass is 10.00. The van der Waals surface area contributed by atoms with Gasteiger partial charge in [0, 0.05) is 13.1 Å². The summed E-state index contributed by atoms with van der Waals surface area (Å²) in [6.07, 6.45) is 0.880. The molecule has 4 heteroatoms. The minimum absolute atomic E-state index is 0.0671. The molecule has 1 aromatic heterocycles. The number of rotatable bonds is 4. The van der Waals surface area contributed by atoms with E-state index in [9.17, 15) is 4.79 Å². The first-order chi connectivity index (χ1) is 13.1. The molecule has 0 saturated heterocycles. The summed E-state index contributed by atoms with van der Waals surface area (Å²) in [7, 11) is 0. The normalized spacial score (nSPS) is 13.3. The molecule has 0 spiro atoms. The molecule has 27 heavy (non-hydrogen) atoms. The summed E-state index contributed by atoms with van der Waals surface area (Å²) in [5.74, 6) is 1.79. The third-order valence-corrected chi connectivity index (χ3v) is 5.00. The molecule has 0 saturated carbocycles. The summed E-state index contributed by atoms with van der Waals surface area (Å²) in [6, 6.07) is 17.9. The van der Waals surface area contributed by atoms with Crippen molar-refractivity contribution in [1.82, 2.24) is 4.90 Å². The van der Waals surface area contributed by atoms with Crippen LogP contribution in [0.2, 0.25) is 0 Å². The van der Waals surface area contributed by atoms with E-state index >= 15 is 0 Å². The minimum Gasteiger partial charge on any atom is -0.485 e. The van der Waals surface area contributed by atoms with Gasteiger partial charge in [0.05, 0.1) is 0 Å². The highest BCUT2D eigenvalue weighted by atomic mass is 16.5. The van der Waals surface area contributed by atoms with Gasteiger partial charge in [-0.1, -0.05) is 36.4 Å². The first kappa shape index (κ1) is 17.4. The van der Waals surface area contributed by atoms with Crippen molar-refractivity contribution < 1.29 is 13.9 Å². The number of hydrogen-bond donors (Lipinski definition) is 0. The monoisotopic (exact) mass is 361 g/mol. The molecule has 0 aliphatic carbocycles. The van der Waals surface area contributed by atoms with Gasteiger partial charge in [0.1, 0.15) is 18.1 Å². The number of ether oxygens (including phenoxy) is 1. The average molecular weight is 361 g/mol. The zero-order chi connectivity index (χ0) is 18.8. The van der Waals surface area contributed by atoms with Gasteiger partial charge in [-0.15, -0.1) is 0 Å². The Hall–Kier alpha value is -3.01. The second-order valence-corrected chi connectivity index (χ2v) is 7.07. The van der Waals surface area contributed by atoms with Gasteiger partial charge in [0.25, 0.3) is 5.91 Å². The van der Waals surface area contributed by atoms with Gasteiger partial charge in [-0.05, 0) is 60.7 Å². The Bertz CT molecular complexity index is 973. The van der Waals surface area contributed by atoms with Crippen LogP contribution in [0.15, 0.2) is 59.0 Å². The molecule has 1 amide bonds. The van der Waals surface area contributed by atoms with E-state index in [-0.39, 0.29) is 5.91 Å². The summed E-state index contributed by atoms with van der Waals surface area (Å²) in [4.78, 5) is 14.6. The molecule has 0 atom stereocenters. The topological polar surface area (TPSA) is 42.7 Å². The smallest absolute Gasteiger partial charge is 0.289 e. The Morgan fingerprint density at radius 1 is 1.07 bits per heavy atom. The van der Waals surface area contributed by atoms with E-state index in [1.165, 1.54) is 11.1 Å². The molecule has 0 bridgehead atoms. The Kier molecular flexibility index (Phi) is 4.71. The predicted molar refractivity (Wildman–Crippen MR) is 104 cm³/mol.